The van der Waals surface area contributed by atoms with Gasteiger partial charge in [0.25, 0.3) is 0 Å². The summed E-state index contributed by atoms with van der Waals surface area (Å²) in [6.45, 7) is 9.64. The van der Waals surface area contributed by atoms with E-state index in [1.165, 1.54) is 60.2 Å². The van der Waals surface area contributed by atoms with Crippen molar-refractivity contribution < 1.29 is 0 Å². The predicted octanol–water partition coefficient (Wildman–Crippen LogP) is 9.00. The lowest BCUT2D eigenvalue weighted by Crippen LogP contribution is -2.27. The summed E-state index contributed by atoms with van der Waals surface area (Å²) < 4.78 is 0. The van der Waals surface area contributed by atoms with Crippen LogP contribution in [0, 0.1) is 5.92 Å². The molecule has 5 rings (SSSR count). The molecule has 4 aromatic rings. The van der Waals surface area contributed by atoms with Crippen molar-refractivity contribution in [1.29, 1.82) is 0 Å². The molecule has 1 aliphatic carbocycles. The van der Waals surface area contributed by atoms with Crippen LogP contribution in [-0.4, -0.2) is 19.1 Å². The Morgan fingerprint density at radius 3 is 2.15 bits per heavy atom. The maximum Gasteiger partial charge on any atom is 0.0858 e. The van der Waals surface area contributed by atoms with Crippen LogP contribution in [0.5, 0.6) is 0 Å². The van der Waals surface area contributed by atoms with Crippen LogP contribution in [0.4, 0.5) is 17.1 Å². The van der Waals surface area contributed by atoms with Gasteiger partial charge in [0.2, 0.25) is 0 Å². The first-order valence-corrected chi connectivity index (χ1v) is 14.3. The van der Waals surface area contributed by atoms with Gasteiger partial charge in [-0.1, -0.05) is 81.0 Å². The highest BCUT2D eigenvalue weighted by atomic mass is 15.1. The van der Waals surface area contributed by atoms with Crippen molar-refractivity contribution in [1.82, 2.24) is 4.98 Å². The average molecular weight is 529 g/mol. The van der Waals surface area contributed by atoms with Crippen molar-refractivity contribution >= 4 is 22.8 Å². The molecule has 0 amide bonds. The average Bonchev–Trinajstić information content (AvgIpc) is 3.01. The number of allylic oxidation sites excluding steroid dienone is 1. The van der Waals surface area contributed by atoms with Crippen molar-refractivity contribution in [3.63, 3.8) is 0 Å². The zero-order valence-electron chi connectivity index (χ0n) is 23.8. The van der Waals surface area contributed by atoms with Crippen LogP contribution >= 0.6 is 0 Å². The molecule has 1 fully saturated rings. The Kier molecular flexibility index (Phi) is 8.65. The van der Waals surface area contributed by atoms with E-state index in [4.69, 9.17) is 0 Å². The number of benzene rings is 3. The number of rotatable bonds is 10. The van der Waals surface area contributed by atoms with Gasteiger partial charge in [-0.2, -0.15) is 0 Å². The second-order valence-electron chi connectivity index (χ2n) is 10.9. The van der Waals surface area contributed by atoms with Gasteiger partial charge in [0.15, 0.2) is 0 Å². The Hall–Kier alpha value is -4.31. The lowest BCUT2D eigenvalue weighted by Gasteiger charge is -2.34. The summed E-state index contributed by atoms with van der Waals surface area (Å²) in [4.78, 5) is 8.96. The van der Waals surface area contributed by atoms with E-state index in [-0.39, 0.29) is 0 Å². The van der Waals surface area contributed by atoms with Crippen LogP contribution in [0.3, 0.4) is 0 Å². The van der Waals surface area contributed by atoms with Crippen molar-refractivity contribution in [2.24, 2.45) is 5.92 Å². The third-order valence-electron chi connectivity index (χ3n) is 7.86. The molecule has 1 saturated carbocycles. The SMILES string of the molecule is C=C(Nc1cccc(N(Cc2ccc(-c3ccc(N(C)C)cc3)cc2)C(=C)C2CCCCC2)c1)c1ccccn1. The number of aromatic nitrogens is 1. The molecular formula is C36H40N4. The Balaban J connectivity index is 1.38. The molecule has 40 heavy (non-hydrogen) atoms. The molecule has 0 bridgehead atoms. The molecule has 1 heterocycles. The van der Waals surface area contributed by atoms with Crippen molar-refractivity contribution in [3.8, 4) is 11.1 Å². The molecule has 3 aromatic carbocycles. The summed E-state index contributed by atoms with van der Waals surface area (Å²) >= 11 is 0. The zero-order chi connectivity index (χ0) is 27.9. The summed E-state index contributed by atoms with van der Waals surface area (Å²) in [6, 6.07) is 32.1. The molecule has 1 aromatic heterocycles. The highest BCUT2D eigenvalue weighted by Gasteiger charge is 2.22. The monoisotopic (exact) mass is 528 g/mol. The van der Waals surface area contributed by atoms with Gasteiger partial charge in [-0.05, 0) is 77.9 Å². The third kappa shape index (κ3) is 6.63. The number of hydrogen-bond acceptors (Lipinski definition) is 4. The summed E-state index contributed by atoms with van der Waals surface area (Å²) in [5.41, 5.74) is 9.89. The number of anilines is 3. The van der Waals surface area contributed by atoms with Gasteiger partial charge in [-0.15, -0.1) is 0 Å². The zero-order valence-corrected chi connectivity index (χ0v) is 23.8. The highest BCUT2D eigenvalue weighted by molar-refractivity contribution is 5.75. The quantitative estimate of drug-likeness (QED) is 0.222. The van der Waals surface area contributed by atoms with Crippen molar-refractivity contribution in [2.45, 2.75) is 38.6 Å². The van der Waals surface area contributed by atoms with Crippen LogP contribution in [-0.2, 0) is 6.54 Å². The van der Waals surface area contributed by atoms with E-state index in [1.54, 1.807) is 6.20 Å². The normalized spacial score (nSPS) is 13.4. The van der Waals surface area contributed by atoms with E-state index >= 15 is 0 Å². The lowest BCUT2D eigenvalue weighted by atomic mass is 9.86. The van der Waals surface area contributed by atoms with Gasteiger partial charge >= 0.3 is 0 Å². The molecule has 4 nitrogen and oxygen atoms in total. The minimum atomic E-state index is 0.517. The van der Waals surface area contributed by atoms with E-state index < -0.39 is 0 Å². The molecule has 0 atom stereocenters. The number of nitrogens with zero attached hydrogens (tertiary/aromatic N) is 3. The highest BCUT2D eigenvalue weighted by Crippen LogP contribution is 2.35. The van der Waals surface area contributed by atoms with Gasteiger partial charge in [-0.3, -0.25) is 4.98 Å². The first-order valence-electron chi connectivity index (χ1n) is 14.3. The van der Waals surface area contributed by atoms with Crippen LogP contribution in [0.15, 0.2) is 116 Å². The lowest BCUT2D eigenvalue weighted by molar-refractivity contribution is 0.396. The second-order valence-corrected chi connectivity index (χ2v) is 10.9. The fourth-order valence-corrected chi connectivity index (χ4v) is 5.48. The number of nitrogens with one attached hydrogen (secondary N) is 1. The maximum absolute atomic E-state index is 4.65. The number of pyridine rings is 1. The second kappa shape index (κ2) is 12.7. The topological polar surface area (TPSA) is 31.4 Å². The fraction of sp³-hybridized carbons (Fsp3) is 0.250. The standard InChI is InChI=1S/C36H40N4/c1-27(36-15-8-9-24-37-36)38-33-13-10-14-35(25-33)40(28(2)30-11-6-5-7-12-30)26-29-16-18-31(19-17-29)32-20-22-34(23-21-32)39(3)4/h8-10,13-25,30,38H,1-2,5-7,11-12,26H2,3-4H3. The van der Waals surface area contributed by atoms with Crippen molar-refractivity contribution in [3.05, 3.63) is 127 Å². The summed E-state index contributed by atoms with van der Waals surface area (Å²) in [5.74, 6) is 0.517. The molecular weight excluding hydrogens is 488 g/mol. The molecule has 1 N–H and O–H groups in total. The van der Waals surface area contributed by atoms with Crippen LogP contribution in [0.1, 0.15) is 43.4 Å². The number of hydrogen-bond donors (Lipinski definition) is 1. The summed E-state index contributed by atoms with van der Waals surface area (Å²) in [6.07, 6.45) is 8.11. The molecule has 0 unspecified atom stereocenters. The Bertz CT molecular complexity index is 1420. The smallest absolute Gasteiger partial charge is 0.0858 e. The Morgan fingerprint density at radius 2 is 1.50 bits per heavy atom. The minimum Gasteiger partial charge on any atom is -0.378 e. The van der Waals surface area contributed by atoms with E-state index in [9.17, 15) is 0 Å². The van der Waals surface area contributed by atoms with Crippen LogP contribution in [0.2, 0.25) is 0 Å². The largest absolute Gasteiger partial charge is 0.378 e. The molecule has 204 valence electrons. The molecule has 0 aliphatic heterocycles. The van der Waals surface area contributed by atoms with Gasteiger partial charge in [0, 0.05) is 49.6 Å². The van der Waals surface area contributed by atoms with E-state index in [0.717, 1.165) is 29.3 Å². The molecule has 4 heteroatoms. The molecule has 0 radical (unpaired) electrons. The van der Waals surface area contributed by atoms with Crippen molar-refractivity contribution in [2.75, 3.05) is 29.2 Å². The molecule has 0 saturated heterocycles. The van der Waals surface area contributed by atoms with Crippen LogP contribution in [0.25, 0.3) is 16.8 Å². The van der Waals surface area contributed by atoms with Gasteiger partial charge < -0.3 is 15.1 Å². The maximum atomic E-state index is 4.65. The summed E-state index contributed by atoms with van der Waals surface area (Å²) in [7, 11) is 4.14. The van der Waals surface area contributed by atoms with E-state index in [1.807, 2.05) is 18.2 Å². The summed E-state index contributed by atoms with van der Waals surface area (Å²) in [5, 5.41) is 3.46. The van der Waals surface area contributed by atoms with Gasteiger partial charge in [0.05, 0.1) is 11.4 Å². The molecule has 0 spiro atoms. The minimum absolute atomic E-state index is 0.517. The Labute approximate surface area is 239 Å². The molecule has 1 aliphatic rings. The van der Waals surface area contributed by atoms with Gasteiger partial charge in [-0.25, -0.2) is 0 Å². The first-order chi connectivity index (χ1) is 19.5. The van der Waals surface area contributed by atoms with Crippen LogP contribution < -0.4 is 15.1 Å². The first kappa shape index (κ1) is 27.3. The third-order valence-corrected chi connectivity index (χ3v) is 7.86. The fourth-order valence-electron chi connectivity index (χ4n) is 5.48. The van der Waals surface area contributed by atoms with E-state index in [2.05, 4.69) is 120 Å². The predicted molar refractivity (Wildman–Crippen MR) is 171 cm³/mol. The van der Waals surface area contributed by atoms with Gasteiger partial charge in [0.1, 0.15) is 0 Å². The Morgan fingerprint density at radius 1 is 0.800 bits per heavy atom. The van der Waals surface area contributed by atoms with E-state index in [0.29, 0.717) is 5.92 Å².